The fraction of sp³-hybridized carbons (Fsp3) is 0.909. The van der Waals surface area contributed by atoms with Gasteiger partial charge in [0, 0.05) is 19.1 Å². The second-order valence-electron chi connectivity index (χ2n) is 4.97. The van der Waals surface area contributed by atoms with E-state index in [1.807, 2.05) is 0 Å². The molecule has 124 valence electrons. The number of nitrogens with zero attached hydrogens (tertiary/aromatic N) is 1. The summed E-state index contributed by atoms with van der Waals surface area (Å²) >= 11 is 0. The Morgan fingerprint density at radius 2 is 2.05 bits per heavy atom. The van der Waals surface area contributed by atoms with Gasteiger partial charge in [0.15, 0.2) is 0 Å². The number of amides is 1. The van der Waals surface area contributed by atoms with Crippen LogP contribution < -0.4 is 4.72 Å². The van der Waals surface area contributed by atoms with Gasteiger partial charge >= 0.3 is 6.18 Å². The number of alkyl halides is 3. The maximum Gasteiger partial charge on any atom is 0.411 e. The predicted molar refractivity (Wildman–Crippen MR) is 69.1 cm³/mol. The van der Waals surface area contributed by atoms with Crippen LogP contribution in [0.15, 0.2) is 0 Å². The van der Waals surface area contributed by atoms with Crippen molar-refractivity contribution in [3.8, 4) is 0 Å². The second kappa shape index (κ2) is 7.41. The summed E-state index contributed by atoms with van der Waals surface area (Å²) in [5, 5.41) is 0. The van der Waals surface area contributed by atoms with Gasteiger partial charge in [-0.05, 0) is 19.3 Å². The summed E-state index contributed by atoms with van der Waals surface area (Å²) in [7, 11) is -3.38. The molecule has 0 saturated carbocycles. The van der Waals surface area contributed by atoms with Crippen LogP contribution in [0.3, 0.4) is 0 Å². The van der Waals surface area contributed by atoms with Gasteiger partial charge in [-0.1, -0.05) is 0 Å². The average Bonchev–Trinajstić information content (AvgIpc) is 2.34. The molecule has 0 aromatic rings. The fourth-order valence-corrected chi connectivity index (χ4v) is 2.62. The Kier molecular flexibility index (Phi) is 6.41. The van der Waals surface area contributed by atoms with Crippen molar-refractivity contribution in [3.05, 3.63) is 0 Å². The third-order valence-corrected chi connectivity index (χ3v) is 3.71. The van der Waals surface area contributed by atoms with E-state index in [2.05, 4.69) is 9.46 Å². The summed E-state index contributed by atoms with van der Waals surface area (Å²) in [4.78, 5) is 13.3. The lowest BCUT2D eigenvalue weighted by molar-refractivity contribution is -0.178. The molecule has 0 spiro atoms. The van der Waals surface area contributed by atoms with Gasteiger partial charge in [0.25, 0.3) is 0 Å². The van der Waals surface area contributed by atoms with Crippen LogP contribution in [-0.2, 0) is 19.6 Å². The zero-order chi connectivity index (χ0) is 16.1. The van der Waals surface area contributed by atoms with Gasteiger partial charge in [-0.25, -0.2) is 13.1 Å². The van der Waals surface area contributed by atoms with Gasteiger partial charge in [-0.2, -0.15) is 13.2 Å². The van der Waals surface area contributed by atoms with E-state index >= 15 is 0 Å². The van der Waals surface area contributed by atoms with E-state index in [-0.39, 0.29) is 12.6 Å². The first-order valence-electron chi connectivity index (χ1n) is 6.47. The molecule has 0 radical (unpaired) electrons. The van der Waals surface area contributed by atoms with Crippen LogP contribution >= 0.6 is 0 Å². The van der Waals surface area contributed by atoms with Crippen molar-refractivity contribution in [2.45, 2.75) is 31.5 Å². The maximum atomic E-state index is 12.0. The van der Waals surface area contributed by atoms with Crippen LogP contribution in [0.1, 0.15) is 19.3 Å². The van der Waals surface area contributed by atoms with E-state index in [1.54, 1.807) is 0 Å². The minimum Gasteiger partial charge on any atom is -0.362 e. The summed E-state index contributed by atoms with van der Waals surface area (Å²) in [6.07, 6.45) is -1.29. The number of carbonyl (C=O) groups excluding carboxylic acids is 1. The summed E-state index contributed by atoms with van der Waals surface area (Å²) in [5.74, 6) is -0.556. The van der Waals surface area contributed by atoms with Crippen LogP contribution in [0.2, 0.25) is 0 Å². The van der Waals surface area contributed by atoms with Crippen molar-refractivity contribution in [2.75, 3.05) is 32.6 Å². The molecular formula is C11H19F3N2O4S. The van der Waals surface area contributed by atoms with Gasteiger partial charge < -0.3 is 9.64 Å². The molecule has 1 rings (SSSR count). The topological polar surface area (TPSA) is 75.7 Å². The van der Waals surface area contributed by atoms with E-state index in [1.165, 1.54) is 4.90 Å². The molecule has 0 aromatic heterocycles. The number of rotatable bonds is 6. The number of nitrogens with one attached hydrogen (secondary N) is 1. The molecule has 0 aliphatic carbocycles. The third kappa shape index (κ3) is 7.63. The molecule has 1 amide bonds. The number of halogens is 3. The Morgan fingerprint density at radius 1 is 1.38 bits per heavy atom. The minimum atomic E-state index is -4.47. The largest absolute Gasteiger partial charge is 0.411 e. The lowest BCUT2D eigenvalue weighted by Crippen LogP contribution is -2.50. The molecule has 1 aliphatic rings. The molecule has 10 heteroatoms. The highest BCUT2D eigenvalue weighted by atomic mass is 32.2. The molecule has 1 atom stereocenters. The first kappa shape index (κ1) is 18.2. The monoisotopic (exact) mass is 332 g/mol. The predicted octanol–water partition coefficient (Wildman–Crippen LogP) is 0.496. The smallest absolute Gasteiger partial charge is 0.362 e. The van der Waals surface area contributed by atoms with Gasteiger partial charge in [-0.15, -0.1) is 0 Å². The Labute approximate surface area is 121 Å². The fourth-order valence-electron chi connectivity index (χ4n) is 2.13. The minimum absolute atomic E-state index is 0.0594. The number of piperidine rings is 1. The summed E-state index contributed by atoms with van der Waals surface area (Å²) in [6, 6.07) is -0.351. The number of likely N-dealkylation sites (tertiary alicyclic amines) is 1. The SMILES string of the molecule is CS(=O)(=O)NC[C@H]1CCCCN1C(=O)COCC(F)(F)F. The second-order valence-corrected chi connectivity index (χ2v) is 6.80. The van der Waals surface area contributed by atoms with Crippen LogP contribution in [0.5, 0.6) is 0 Å². The molecule has 1 N–H and O–H groups in total. The van der Waals surface area contributed by atoms with E-state index in [9.17, 15) is 26.4 Å². The molecule has 1 heterocycles. The zero-order valence-corrected chi connectivity index (χ0v) is 12.5. The van der Waals surface area contributed by atoms with E-state index < -0.39 is 35.3 Å². The quantitative estimate of drug-likeness (QED) is 0.768. The summed E-state index contributed by atoms with van der Waals surface area (Å²) < 4.78 is 64.7. The van der Waals surface area contributed by atoms with Crippen molar-refractivity contribution < 1.29 is 31.1 Å². The van der Waals surface area contributed by atoms with Crippen molar-refractivity contribution in [1.29, 1.82) is 0 Å². The van der Waals surface area contributed by atoms with Gasteiger partial charge in [0.05, 0.1) is 6.26 Å². The molecule has 1 fully saturated rings. The Bertz CT molecular complexity index is 453. The number of hydrogen-bond acceptors (Lipinski definition) is 4. The van der Waals surface area contributed by atoms with Gasteiger partial charge in [0.1, 0.15) is 13.2 Å². The first-order valence-corrected chi connectivity index (χ1v) is 8.36. The number of carbonyl (C=O) groups is 1. The molecule has 6 nitrogen and oxygen atoms in total. The van der Waals surface area contributed by atoms with Crippen molar-refractivity contribution in [2.24, 2.45) is 0 Å². The van der Waals surface area contributed by atoms with Crippen molar-refractivity contribution in [3.63, 3.8) is 0 Å². The van der Waals surface area contributed by atoms with Crippen molar-refractivity contribution in [1.82, 2.24) is 9.62 Å². The molecule has 0 unspecified atom stereocenters. The van der Waals surface area contributed by atoms with Crippen LogP contribution in [0.4, 0.5) is 13.2 Å². The Hall–Kier alpha value is -0.870. The Morgan fingerprint density at radius 3 is 2.62 bits per heavy atom. The highest BCUT2D eigenvalue weighted by Gasteiger charge is 2.30. The Balaban J connectivity index is 2.49. The molecular weight excluding hydrogens is 313 g/mol. The normalized spacial score (nSPS) is 20.6. The number of hydrogen-bond donors (Lipinski definition) is 1. The lowest BCUT2D eigenvalue weighted by atomic mass is 10.0. The van der Waals surface area contributed by atoms with E-state index in [4.69, 9.17) is 0 Å². The van der Waals surface area contributed by atoms with Crippen molar-refractivity contribution >= 4 is 15.9 Å². The molecule has 0 bridgehead atoms. The van der Waals surface area contributed by atoms with Crippen LogP contribution in [0, 0.1) is 0 Å². The van der Waals surface area contributed by atoms with Gasteiger partial charge in [0.2, 0.25) is 15.9 Å². The molecule has 21 heavy (non-hydrogen) atoms. The third-order valence-electron chi connectivity index (χ3n) is 3.02. The zero-order valence-electron chi connectivity index (χ0n) is 11.6. The lowest BCUT2D eigenvalue weighted by Gasteiger charge is -2.35. The van der Waals surface area contributed by atoms with Gasteiger partial charge in [-0.3, -0.25) is 4.79 Å². The maximum absolute atomic E-state index is 12.0. The van der Waals surface area contributed by atoms with Crippen LogP contribution in [0.25, 0.3) is 0 Å². The van der Waals surface area contributed by atoms with Crippen LogP contribution in [-0.4, -0.2) is 64.0 Å². The molecule has 0 aromatic carbocycles. The molecule has 1 saturated heterocycles. The van der Waals surface area contributed by atoms with E-state index in [0.29, 0.717) is 13.0 Å². The molecule has 1 aliphatic heterocycles. The summed E-state index contributed by atoms with van der Waals surface area (Å²) in [6.45, 7) is -1.68. The standard InChI is InChI=1S/C11H19F3N2O4S/c1-21(18,19)15-6-9-4-2-3-5-16(9)10(17)7-20-8-11(12,13)14/h9,15H,2-8H2,1H3/t9-/m1/s1. The average molecular weight is 332 g/mol. The van der Waals surface area contributed by atoms with E-state index in [0.717, 1.165) is 19.1 Å². The number of sulfonamides is 1. The number of ether oxygens (including phenoxy) is 1. The summed E-state index contributed by atoms with van der Waals surface area (Å²) in [5.41, 5.74) is 0. The first-order chi connectivity index (χ1) is 9.58. The highest BCUT2D eigenvalue weighted by molar-refractivity contribution is 7.88. The highest BCUT2D eigenvalue weighted by Crippen LogP contribution is 2.18.